The Morgan fingerprint density at radius 2 is 1.64 bits per heavy atom. The van der Waals surface area contributed by atoms with E-state index in [9.17, 15) is 14.0 Å². The lowest BCUT2D eigenvalue weighted by atomic mass is 10.2. The molecule has 0 saturated heterocycles. The van der Waals surface area contributed by atoms with Gasteiger partial charge in [-0.15, -0.1) is 0 Å². The van der Waals surface area contributed by atoms with Gasteiger partial charge in [0.25, 0.3) is 0 Å². The number of esters is 2. The minimum absolute atomic E-state index is 0.235. The molecule has 0 bridgehead atoms. The van der Waals surface area contributed by atoms with Crippen molar-refractivity contribution >= 4 is 45.4 Å². The van der Waals surface area contributed by atoms with E-state index in [0.29, 0.717) is 20.5 Å². The number of carbonyl (C=O) groups is 2. The van der Waals surface area contributed by atoms with Gasteiger partial charge in [-0.3, -0.25) is 9.59 Å². The average Bonchev–Trinajstić information content (AvgIpc) is 2.83. The van der Waals surface area contributed by atoms with Gasteiger partial charge in [0.05, 0.1) is 16.6 Å². The highest BCUT2D eigenvalue weighted by molar-refractivity contribution is 14.1. The number of aromatic nitrogens is 2. The predicted molar refractivity (Wildman–Crippen MR) is 96.4 cm³/mol. The minimum Gasteiger partial charge on any atom is -0.427 e. The van der Waals surface area contributed by atoms with Crippen molar-refractivity contribution in [2.45, 2.75) is 13.8 Å². The Kier molecular flexibility index (Phi) is 4.71. The number of nitrogens with zero attached hydrogens (tertiary/aromatic N) is 2. The second-order valence-electron chi connectivity index (χ2n) is 5.18. The van der Waals surface area contributed by atoms with Gasteiger partial charge in [-0.05, 0) is 59.0 Å². The molecule has 0 amide bonds. The molecule has 0 fully saturated rings. The molecule has 2 aromatic carbocycles. The van der Waals surface area contributed by atoms with Crippen LogP contribution in [0.3, 0.4) is 0 Å². The summed E-state index contributed by atoms with van der Waals surface area (Å²) in [5, 5.41) is 4.48. The quantitative estimate of drug-likeness (QED) is 0.344. The van der Waals surface area contributed by atoms with Crippen LogP contribution in [0.1, 0.15) is 13.8 Å². The van der Waals surface area contributed by atoms with E-state index in [4.69, 9.17) is 9.47 Å². The zero-order valence-corrected chi connectivity index (χ0v) is 15.4. The second-order valence-corrected chi connectivity index (χ2v) is 6.34. The molecular formula is C17H12FIN2O4. The van der Waals surface area contributed by atoms with E-state index < -0.39 is 17.9 Å². The first-order valence-electron chi connectivity index (χ1n) is 7.20. The van der Waals surface area contributed by atoms with Gasteiger partial charge in [-0.25, -0.2) is 4.68 Å². The molecule has 0 spiro atoms. The van der Waals surface area contributed by atoms with Crippen molar-refractivity contribution in [3.63, 3.8) is 0 Å². The Hall–Kier alpha value is -2.49. The van der Waals surface area contributed by atoms with Crippen LogP contribution in [0.2, 0.25) is 0 Å². The summed E-state index contributed by atoms with van der Waals surface area (Å²) in [6.07, 6.45) is 0. The minimum atomic E-state index is -0.581. The summed E-state index contributed by atoms with van der Waals surface area (Å²) in [5.74, 6) is -0.879. The van der Waals surface area contributed by atoms with Gasteiger partial charge >= 0.3 is 11.9 Å². The highest BCUT2D eigenvalue weighted by Crippen LogP contribution is 2.28. The van der Waals surface area contributed by atoms with Gasteiger partial charge in [-0.2, -0.15) is 9.49 Å². The molecule has 0 radical (unpaired) electrons. The lowest BCUT2D eigenvalue weighted by Gasteiger charge is -2.07. The number of carbonyl (C=O) groups excluding carboxylic acids is 2. The summed E-state index contributed by atoms with van der Waals surface area (Å²) in [6.45, 7) is 2.58. The lowest BCUT2D eigenvalue weighted by molar-refractivity contribution is -0.132. The average molecular weight is 454 g/mol. The molecule has 0 unspecified atom stereocenters. The number of halogens is 2. The number of rotatable bonds is 3. The molecule has 3 aromatic rings. The van der Waals surface area contributed by atoms with Crippen LogP contribution in [0, 0.1) is 9.52 Å². The summed E-state index contributed by atoms with van der Waals surface area (Å²) < 4.78 is 26.6. The van der Waals surface area contributed by atoms with Gasteiger partial charge < -0.3 is 9.47 Å². The molecule has 0 aliphatic carbocycles. The van der Waals surface area contributed by atoms with Crippen LogP contribution in [-0.2, 0) is 9.59 Å². The van der Waals surface area contributed by atoms with Crippen molar-refractivity contribution in [3.8, 4) is 17.2 Å². The Labute approximate surface area is 155 Å². The number of ether oxygens (including phenoxy) is 2. The van der Waals surface area contributed by atoms with Crippen LogP contribution < -0.4 is 9.47 Å². The standard InChI is InChI=1S/C17H12FIN2O4/c1-9(22)24-11-3-5-15-13(7-11)17(18)21(20-15)16-6-4-12(8-14(16)19)25-10(2)23/h3-8H,1-2H3. The molecule has 1 aromatic heterocycles. The van der Waals surface area contributed by atoms with Gasteiger partial charge in [-0.1, -0.05) is 0 Å². The molecular weight excluding hydrogens is 442 g/mol. The maximum absolute atomic E-state index is 14.8. The second kappa shape index (κ2) is 6.79. The van der Waals surface area contributed by atoms with Crippen LogP contribution in [0.5, 0.6) is 11.5 Å². The number of hydrogen-bond acceptors (Lipinski definition) is 5. The fraction of sp³-hybridized carbons (Fsp3) is 0.118. The zero-order valence-electron chi connectivity index (χ0n) is 13.2. The number of fused-ring (bicyclic) bond motifs is 1. The third-order valence-corrected chi connectivity index (χ3v) is 4.12. The van der Waals surface area contributed by atoms with Crippen molar-refractivity contribution in [1.29, 1.82) is 0 Å². The fourth-order valence-corrected chi connectivity index (χ4v) is 3.03. The zero-order chi connectivity index (χ0) is 18.1. The summed E-state index contributed by atoms with van der Waals surface area (Å²) in [4.78, 5) is 22.1. The number of hydrogen-bond donors (Lipinski definition) is 0. The molecule has 6 nitrogen and oxygen atoms in total. The largest absolute Gasteiger partial charge is 0.427 e. The van der Waals surface area contributed by atoms with E-state index in [1.807, 2.05) is 22.6 Å². The highest BCUT2D eigenvalue weighted by Gasteiger charge is 2.16. The third-order valence-electron chi connectivity index (χ3n) is 3.25. The highest BCUT2D eigenvalue weighted by atomic mass is 127. The fourth-order valence-electron chi connectivity index (χ4n) is 2.31. The predicted octanol–water partition coefficient (Wildman–Crippen LogP) is 3.62. The van der Waals surface area contributed by atoms with Crippen LogP contribution in [-0.4, -0.2) is 21.7 Å². The van der Waals surface area contributed by atoms with E-state index in [1.54, 1.807) is 30.3 Å². The molecule has 3 rings (SSSR count). The lowest BCUT2D eigenvalue weighted by Crippen LogP contribution is -2.05. The third kappa shape index (κ3) is 3.63. The van der Waals surface area contributed by atoms with Crippen molar-refractivity contribution in [2.24, 2.45) is 0 Å². The molecule has 0 saturated carbocycles. The van der Waals surface area contributed by atoms with Crippen LogP contribution >= 0.6 is 22.6 Å². The Morgan fingerprint density at radius 3 is 2.24 bits per heavy atom. The molecule has 1 heterocycles. The van der Waals surface area contributed by atoms with E-state index in [-0.39, 0.29) is 11.1 Å². The maximum Gasteiger partial charge on any atom is 0.308 e. The molecule has 25 heavy (non-hydrogen) atoms. The van der Waals surface area contributed by atoms with Crippen LogP contribution in [0.15, 0.2) is 36.4 Å². The van der Waals surface area contributed by atoms with Crippen molar-refractivity contribution in [1.82, 2.24) is 9.78 Å². The molecule has 8 heteroatoms. The Morgan fingerprint density at radius 1 is 1.04 bits per heavy atom. The molecule has 0 N–H and O–H groups in total. The van der Waals surface area contributed by atoms with E-state index >= 15 is 0 Å². The number of benzene rings is 2. The Bertz CT molecular complexity index is 1000. The first kappa shape index (κ1) is 17.3. The first-order valence-corrected chi connectivity index (χ1v) is 8.28. The van der Waals surface area contributed by atoms with Gasteiger partial charge in [0, 0.05) is 17.4 Å². The van der Waals surface area contributed by atoms with Crippen molar-refractivity contribution < 1.29 is 23.5 Å². The molecule has 0 aliphatic rings. The SMILES string of the molecule is CC(=O)Oc1ccc(-n2nc3ccc(OC(C)=O)cc3c2F)c(I)c1. The van der Waals surface area contributed by atoms with Crippen molar-refractivity contribution in [3.05, 3.63) is 45.9 Å². The van der Waals surface area contributed by atoms with E-state index in [0.717, 1.165) is 4.68 Å². The first-order chi connectivity index (χ1) is 11.8. The Balaban J connectivity index is 2.05. The smallest absolute Gasteiger partial charge is 0.308 e. The van der Waals surface area contributed by atoms with Gasteiger partial charge in [0.2, 0.25) is 5.95 Å². The normalized spacial score (nSPS) is 10.7. The van der Waals surface area contributed by atoms with Gasteiger partial charge in [0.1, 0.15) is 11.5 Å². The van der Waals surface area contributed by atoms with Crippen molar-refractivity contribution in [2.75, 3.05) is 0 Å². The van der Waals surface area contributed by atoms with E-state index in [1.165, 1.54) is 19.9 Å². The molecule has 0 atom stereocenters. The van der Waals surface area contributed by atoms with Gasteiger partial charge in [0.15, 0.2) is 0 Å². The van der Waals surface area contributed by atoms with Crippen LogP contribution in [0.25, 0.3) is 16.6 Å². The molecule has 0 aliphatic heterocycles. The molecule has 128 valence electrons. The summed E-state index contributed by atoms with van der Waals surface area (Å²) in [7, 11) is 0. The summed E-state index contributed by atoms with van der Waals surface area (Å²) in [5.41, 5.74) is 0.924. The summed E-state index contributed by atoms with van der Waals surface area (Å²) in [6, 6.07) is 9.35. The maximum atomic E-state index is 14.8. The monoisotopic (exact) mass is 454 g/mol. The van der Waals surface area contributed by atoms with Crippen LogP contribution in [0.4, 0.5) is 4.39 Å². The van der Waals surface area contributed by atoms with E-state index in [2.05, 4.69) is 5.10 Å². The topological polar surface area (TPSA) is 70.4 Å². The summed E-state index contributed by atoms with van der Waals surface area (Å²) >= 11 is 2.01.